The number of benzene rings is 1. The minimum absolute atomic E-state index is 0.164. The van der Waals surface area contributed by atoms with Crippen molar-refractivity contribution < 1.29 is 4.74 Å². The van der Waals surface area contributed by atoms with Crippen molar-refractivity contribution in [2.45, 2.75) is 6.92 Å². The number of hydrogen-bond donors (Lipinski definition) is 2. The summed E-state index contributed by atoms with van der Waals surface area (Å²) in [5.74, 6) is 1.81. The third-order valence-electron chi connectivity index (χ3n) is 2.89. The minimum Gasteiger partial charge on any atom is -0.436 e. The number of fused-ring (bicyclic) bond motifs is 1. The largest absolute Gasteiger partial charge is 0.436 e. The van der Waals surface area contributed by atoms with Crippen LogP contribution in [0.25, 0.3) is 10.9 Å². The molecule has 6 heteroatoms. The average Bonchev–Trinajstić information content (AvgIpc) is 2.47. The monoisotopic (exact) mass is 281 g/mol. The van der Waals surface area contributed by atoms with Gasteiger partial charge in [-0.15, -0.1) is 0 Å². The molecular weight excluding hydrogens is 266 g/mol. The molecule has 1 aromatic carbocycles. The number of hydrogen-bond acceptors (Lipinski definition) is 6. The first-order valence-corrected chi connectivity index (χ1v) is 6.66. The molecule has 0 spiro atoms. The molecule has 6 nitrogen and oxygen atoms in total. The lowest BCUT2D eigenvalue weighted by atomic mass is 10.2. The first-order chi connectivity index (χ1) is 10.3. The minimum atomic E-state index is 0.164. The van der Waals surface area contributed by atoms with E-state index in [-0.39, 0.29) is 5.95 Å². The Bertz CT molecular complexity index is 770. The number of pyridine rings is 1. The van der Waals surface area contributed by atoms with Crippen molar-refractivity contribution in [2.24, 2.45) is 0 Å². The zero-order valence-corrected chi connectivity index (χ0v) is 11.6. The lowest BCUT2D eigenvalue weighted by Crippen LogP contribution is -2.04. The number of rotatable bonds is 4. The van der Waals surface area contributed by atoms with E-state index in [1.54, 1.807) is 12.3 Å². The Morgan fingerprint density at radius 2 is 2.05 bits per heavy atom. The number of ether oxygens (including phenoxy) is 1. The van der Waals surface area contributed by atoms with Gasteiger partial charge in [0.25, 0.3) is 0 Å². The quantitative estimate of drug-likeness (QED) is 0.764. The third kappa shape index (κ3) is 2.84. The van der Waals surface area contributed by atoms with E-state index in [2.05, 4.69) is 20.3 Å². The van der Waals surface area contributed by atoms with Crippen molar-refractivity contribution >= 4 is 22.7 Å². The van der Waals surface area contributed by atoms with E-state index < -0.39 is 0 Å². The standard InChI is InChI=1S/C15H15N5O/c1-2-17-12-9-13(20-15(16)19-12)21-11-7-3-5-10-6-4-8-18-14(10)11/h3-9H,2H2,1H3,(H3,16,17,19,20). The zero-order chi connectivity index (χ0) is 14.7. The molecule has 0 aliphatic heterocycles. The van der Waals surface area contributed by atoms with Gasteiger partial charge in [0.05, 0.1) is 0 Å². The predicted octanol–water partition coefficient (Wildman–Crippen LogP) is 2.83. The second-order valence-electron chi connectivity index (χ2n) is 4.41. The maximum atomic E-state index is 5.83. The van der Waals surface area contributed by atoms with Crippen molar-refractivity contribution in [3.63, 3.8) is 0 Å². The second-order valence-corrected chi connectivity index (χ2v) is 4.41. The van der Waals surface area contributed by atoms with E-state index in [0.717, 1.165) is 17.4 Å². The second kappa shape index (κ2) is 5.62. The summed E-state index contributed by atoms with van der Waals surface area (Å²) in [5.41, 5.74) is 6.48. The topological polar surface area (TPSA) is 86.0 Å². The highest BCUT2D eigenvalue weighted by molar-refractivity contribution is 5.84. The number of para-hydroxylation sites is 1. The molecule has 0 saturated carbocycles. The number of nitrogen functional groups attached to an aromatic ring is 1. The van der Waals surface area contributed by atoms with Crippen LogP contribution in [0, 0.1) is 0 Å². The fourth-order valence-electron chi connectivity index (χ4n) is 2.04. The molecule has 3 rings (SSSR count). The fourth-order valence-corrected chi connectivity index (χ4v) is 2.04. The third-order valence-corrected chi connectivity index (χ3v) is 2.89. The van der Waals surface area contributed by atoms with Gasteiger partial charge < -0.3 is 15.8 Å². The molecule has 0 aliphatic carbocycles. The van der Waals surface area contributed by atoms with Crippen molar-refractivity contribution in [1.82, 2.24) is 15.0 Å². The van der Waals surface area contributed by atoms with Gasteiger partial charge in [-0.3, -0.25) is 4.98 Å². The van der Waals surface area contributed by atoms with Crippen LogP contribution in [0.4, 0.5) is 11.8 Å². The van der Waals surface area contributed by atoms with Gasteiger partial charge in [0.15, 0.2) is 5.75 Å². The lowest BCUT2D eigenvalue weighted by molar-refractivity contribution is 0.467. The van der Waals surface area contributed by atoms with E-state index in [1.165, 1.54) is 0 Å². The van der Waals surface area contributed by atoms with Gasteiger partial charge >= 0.3 is 0 Å². The van der Waals surface area contributed by atoms with Gasteiger partial charge in [-0.05, 0) is 19.1 Å². The van der Waals surface area contributed by atoms with Crippen molar-refractivity contribution in [3.8, 4) is 11.6 Å². The van der Waals surface area contributed by atoms with E-state index >= 15 is 0 Å². The number of nitrogens with zero attached hydrogens (tertiary/aromatic N) is 3. The van der Waals surface area contributed by atoms with Crippen LogP contribution in [0.5, 0.6) is 11.6 Å². The summed E-state index contributed by atoms with van der Waals surface area (Å²) in [6, 6.07) is 11.3. The smallest absolute Gasteiger partial charge is 0.226 e. The first kappa shape index (κ1) is 13.1. The van der Waals surface area contributed by atoms with Gasteiger partial charge in [0.1, 0.15) is 11.3 Å². The molecule has 0 atom stereocenters. The summed E-state index contributed by atoms with van der Waals surface area (Å²) >= 11 is 0. The summed E-state index contributed by atoms with van der Waals surface area (Å²) in [5, 5.41) is 4.09. The Morgan fingerprint density at radius 1 is 1.19 bits per heavy atom. The fraction of sp³-hybridized carbons (Fsp3) is 0.133. The molecule has 0 aliphatic rings. The Morgan fingerprint density at radius 3 is 2.90 bits per heavy atom. The van der Waals surface area contributed by atoms with Crippen LogP contribution in [0.2, 0.25) is 0 Å². The van der Waals surface area contributed by atoms with Crippen LogP contribution in [0.3, 0.4) is 0 Å². The summed E-state index contributed by atoms with van der Waals surface area (Å²) in [6.07, 6.45) is 1.73. The molecule has 106 valence electrons. The molecule has 0 unspecified atom stereocenters. The van der Waals surface area contributed by atoms with Gasteiger partial charge in [0, 0.05) is 24.2 Å². The van der Waals surface area contributed by atoms with Crippen LogP contribution in [0.15, 0.2) is 42.6 Å². The Balaban J connectivity index is 1.98. The number of nitrogens with two attached hydrogens (primary N) is 1. The highest BCUT2D eigenvalue weighted by Crippen LogP contribution is 2.28. The number of aromatic nitrogens is 3. The van der Waals surface area contributed by atoms with Gasteiger partial charge in [-0.1, -0.05) is 18.2 Å². The number of anilines is 2. The predicted molar refractivity (Wildman–Crippen MR) is 82.4 cm³/mol. The van der Waals surface area contributed by atoms with E-state index in [4.69, 9.17) is 10.5 Å². The highest BCUT2D eigenvalue weighted by atomic mass is 16.5. The summed E-state index contributed by atoms with van der Waals surface area (Å²) in [6.45, 7) is 2.72. The molecule has 2 heterocycles. The van der Waals surface area contributed by atoms with Gasteiger partial charge in [0.2, 0.25) is 11.8 Å². The Kier molecular flexibility index (Phi) is 3.51. The molecule has 3 N–H and O–H groups in total. The average molecular weight is 281 g/mol. The Labute approximate surface area is 122 Å². The maximum Gasteiger partial charge on any atom is 0.226 e. The van der Waals surface area contributed by atoms with Crippen LogP contribution < -0.4 is 15.8 Å². The molecule has 0 fully saturated rings. The van der Waals surface area contributed by atoms with Crippen LogP contribution in [0.1, 0.15) is 6.92 Å². The van der Waals surface area contributed by atoms with Gasteiger partial charge in [-0.2, -0.15) is 9.97 Å². The molecular formula is C15H15N5O. The summed E-state index contributed by atoms with van der Waals surface area (Å²) in [4.78, 5) is 12.5. The molecule has 0 bridgehead atoms. The van der Waals surface area contributed by atoms with Crippen LogP contribution >= 0.6 is 0 Å². The van der Waals surface area contributed by atoms with E-state index in [1.807, 2.05) is 37.3 Å². The molecule has 3 aromatic rings. The normalized spacial score (nSPS) is 10.5. The molecule has 0 amide bonds. The lowest BCUT2D eigenvalue weighted by Gasteiger charge is -2.09. The highest BCUT2D eigenvalue weighted by Gasteiger charge is 2.07. The van der Waals surface area contributed by atoms with E-state index in [0.29, 0.717) is 17.4 Å². The van der Waals surface area contributed by atoms with Crippen molar-refractivity contribution in [1.29, 1.82) is 0 Å². The van der Waals surface area contributed by atoms with Crippen LogP contribution in [-0.2, 0) is 0 Å². The number of nitrogens with one attached hydrogen (secondary N) is 1. The molecule has 0 saturated heterocycles. The van der Waals surface area contributed by atoms with Gasteiger partial charge in [-0.25, -0.2) is 0 Å². The van der Waals surface area contributed by atoms with Crippen LogP contribution in [-0.4, -0.2) is 21.5 Å². The molecule has 0 radical (unpaired) electrons. The first-order valence-electron chi connectivity index (χ1n) is 6.66. The van der Waals surface area contributed by atoms with Crippen molar-refractivity contribution in [3.05, 3.63) is 42.6 Å². The summed E-state index contributed by atoms with van der Waals surface area (Å²) in [7, 11) is 0. The van der Waals surface area contributed by atoms with Crippen molar-refractivity contribution in [2.75, 3.05) is 17.6 Å². The SMILES string of the molecule is CCNc1cc(Oc2cccc3cccnc23)nc(N)n1. The summed E-state index contributed by atoms with van der Waals surface area (Å²) < 4.78 is 5.83. The maximum absolute atomic E-state index is 5.83. The van der Waals surface area contributed by atoms with E-state index in [9.17, 15) is 0 Å². The molecule has 2 aromatic heterocycles. The molecule has 21 heavy (non-hydrogen) atoms. The zero-order valence-electron chi connectivity index (χ0n) is 11.6. The Hall–Kier alpha value is -2.89.